The summed E-state index contributed by atoms with van der Waals surface area (Å²) in [4.78, 5) is 27.8. The Morgan fingerprint density at radius 3 is 2.43 bits per heavy atom. The van der Waals surface area contributed by atoms with Crippen molar-refractivity contribution in [3.63, 3.8) is 0 Å². The largest absolute Gasteiger partial charge is 0.459 e. The maximum absolute atomic E-state index is 13.2. The summed E-state index contributed by atoms with van der Waals surface area (Å²) in [5.74, 6) is 0.0656. The van der Waals surface area contributed by atoms with Crippen LogP contribution in [0.3, 0.4) is 0 Å². The summed E-state index contributed by atoms with van der Waals surface area (Å²) in [6.45, 7) is 8.37. The molecule has 0 spiro atoms. The highest BCUT2D eigenvalue weighted by atomic mass is 16.3. The Hall–Kier alpha value is -4.13. The first-order chi connectivity index (χ1) is 16.7. The highest BCUT2D eigenvalue weighted by Gasteiger charge is 2.24. The summed E-state index contributed by atoms with van der Waals surface area (Å²) in [6.07, 6.45) is 1.45. The highest BCUT2D eigenvalue weighted by Crippen LogP contribution is 2.26. The number of carbonyl (C=O) groups excluding carboxylic acids is 2. The van der Waals surface area contributed by atoms with Gasteiger partial charge in [-0.25, -0.2) is 4.68 Å². The summed E-state index contributed by atoms with van der Waals surface area (Å²) >= 11 is 0. The molecule has 2 amide bonds. The van der Waals surface area contributed by atoms with Gasteiger partial charge < -0.3 is 14.6 Å². The van der Waals surface area contributed by atoms with Crippen LogP contribution in [0, 0.1) is 6.92 Å². The second-order valence-electron chi connectivity index (χ2n) is 9.59. The highest BCUT2D eigenvalue weighted by molar-refractivity contribution is 5.97. The van der Waals surface area contributed by atoms with Crippen molar-refractivity contribution in [3.05, 3.63) is 102 Å². The number of benzene rings is 2. The SMILES string of the molecule is Cc1cccc(-n2nc(C(C)(C)C)cc2NC(=O)CN(Cc2ccccc2)C(=O)c2ccco2)c1. The van der Waals surface area contributed by atoms with Crippen LogP contribution in [0.25, 0.3) is 5.69 Å². The van der Waals surface area contributed by atoms with Crippen molar-refractivity contribution in [2.45, 2.75) is 39.7 Å². The third kappa shape index (κ3) is 5.87. The lowest BCUT2D eigenvalue weighted by atomic mass is 9.92. The Morgan fingerprint density at radius 1 is 1.00 bits per heavy atom. The number of aromatic nitrogens is 2. The molecule has 0 saturated carbocycles. The average Bonchev–Trinajstić information content (AvgIpc) is 3.49. The van der Waals surface area contributed by atoms with Gasteiger partial charge in [-0.3, -0.25) is 9.59 Å². The van der Waals surface area contributed by atoms with Gasteiger partial charge >= 0.3 is 0 Å². The van der Waals surface area contributed by atoms with Crippen molar-refractivity contribution in [1.29, 1.82) is 0 Å². The summed E-state index contributed by atoms with van der Waals surface area (Å²) in [7, 11) is 0. The van der Waals surface area contributed by atoms with Crippen LogP contribution in [-0.2, 0) is 16.8 Å². The fourth-order valence-corrected chi connectivity index (χ4v) is 3.71. The van der Waals surface area contributed by atoms with Gasteiger partial charge in [0.2, 0.25) is 5.91 Å². The minimum absolute atomic E-state index is 0.141. The van der Waals surface area contributed by atoms with E-state index in [1.165, 1.54) is 11.2 Å². The van der Waals surface area contributed by atoms with Gasteiger partial charge in [-0.2, -0.15) is 5.10 Å². The smallest absolute Gasteiger partial charge is 0.290 e. The van der Waals surface area contributed by atoms with E-state index in [0.717, 1.165) is 22.5 Å². The molecule has 0 aliphatic heterocycles. The van der Waals surface area contributed by atoms with Crippen LogP contribution in [0.5, 0.6) is 0 Å². The summed E-state index contributed by atoms with van der Waals surface area (Å²) in [5.41, 5.74) is 3.50. The van der Waals surface area contributed by atoms with Gasteiger partial charge in [-0.1, -0.05) is 63.2 Å². The topological polar surface area (TPSA) is 80.4 Å². The summed E-state index contributed by atoms with van der Waals surface area (Å²) in [6, 6.07) is 22.6. The maximum atomic E-state index is 13.2. The lowest BCUT2D eigenvalue weighted by molar-refractivity contribution is -0.117. The molecule has 2 aromatic heterocycles. The van der Waals surface area contributed by atoms with Gasteiger partial charge in [-0.05, 0) is 42.3 Å². The predicted molar refractivity (Wildman–Crippen MR) is 136 cm³/mol. The fraction of sp³-hybridized carbons (Fsp3) is 0.250. The van der Waals surface area contributed by atoms with Crippen molar-refractivity contribution < 1.29 is 14.0 Å². The Morgan fingerprint density at radius 2 is 1.77 bits per heavy atom. The Kier molecular flexibility index (Phi) is 6.87. The fourth-order valence-electron chi connectivity index (χ4n) is 3.71. The van der Waals surface area contributed by atoms with E-state index in [1.54, 1.807) is 16.8 Å². The zero-order chi connectivity index (χ0) is 25.0. The van der Waals surface area contributed by atoms with Gasteiger partial charge in [0.15, 0.2) is 5.76 Å². The van der Waals surface area contributed by atoms with E-state index in [4.69, 9.17) is 9.52 Å². The molecule has 0 saturated heterocycles. The number of aryl methyl sites for hydroxylation is 1. The normalized spacial score (nSPS) is 11.3. The Labute approximate surface area is 205 Å². The molecule has 4 aromatic rings. The number of nitrogens with one attached hydrogen (secondary N) is 1. The minimum Gasteiger partial charge on any atom is -0.459 e. The van der Waals surface area contributed by atoms with Crippen molar-refractivity contribution in [2.75, 3.05) is 11.9 Å². The second-order valence-corrected chi connectivity index (χ2v) is 9.59. The molecule has 35 heavy (non-hydrogen) atoms. The zero-order valence-electron chi connectivity index (χ0n) is 20.5. The van der Waals surface area contributed by atoms with Crippen LogP contribution >= 0.6 is 0 Å². The Balaban J connectivity index is 1.60. The van der Waals surface area contributed by atoms with E-state index in [0.29, 0.717) is 5.82 Å². The van der Waals surface area contributed by atoms with Gasteiger partial charge in [0.05, 0.1) is 17.6 Å². The van der Waals surface area contributed by atoms with E-state index in [-0.39, 0.29) is 36.1 Å². The predicted octanol–water partition coefficient (Wildman–Crippen LogP) is 5.35. The van der Waals surface area contributed by atoms with Crippen LogP contribution in [0.2, 0.25) is 0 Å². The van der Waals surface area contributed by atoms with E-state index in [2.05, 4.69) is 26.1 Å². The first-order valence-electron chi connectivity index (χ1n) is 11.5. The van der Waals surface area contributed by atoms with E-state index in [9.17, 15) is 9.59 Å². The number of anilines is 1. The lowest BCUT2D eigenvalue weighted by Crippen LogP contribution is -2.37. The standard InChI is InChI=1S/C28H30N4O3/c1-20-10-8-13-22(16-20)32-25(17-24(30-32)28(2,3)4)29-26(33)19-31(18-21-11-6-5-7-12-21)27(34)23-14-9-15-35-23/h5-17H,18-19H2,1-4H3,(H,29,33). The van der Waals surface area contributed by atoms with Crippen LogP contribution in [0.15, 0.2) is 83.5 Å². The molecule has 0 aliphatic rings. The number of nitrogens with zero attached hydrogens (tertiary/aromatic N) is 3. The number of rotatable bonds is 7. The van der Waals surface area contributed by atoms with E-state index < -0.39 is 0 Å². The number of hydrogen-bond acceptors (Lipinski definition) is 4. The zero-order valence-corrected chi connectivity index (χ0v) is 20.5. The molecular formula is C28H30N4O3. The molecule has 7 heteroatoms. The molecule has 2 heterocycles. The first kappa shape index (κ1) is 24.0. The molecule has 0 radical (unpaired) electrons. The van der Waals surface area contributed by atoms with Gasteiger partial charge in [0.1, 0.15) is 12.4 Å². The first-order valence-corrected chi connectivity index (χ1v) is 11.5. The molecule has 4 rings (SSSR count). The second kappa shape index (κ2) is 10.0. The van der Waals surface area contributed by atoms with Crippen molar-refractivity contribution in [2.24, 2.45) is 0 Å². The number of carbonyl (C=O) groups is 2. The summed E-state index contributed by atoms with van der Waals surface area (Å²) < 4.78 is 7.04. The summed E-state index contributed by atoms with van der Waals surface area (Å²) in [5, 5.41) is 7.75. The Bertz CT molecular complexity index is 1300. The number of hydrogen-bond donors (Lipinski definition) is 1. The molecular weight excluding hydrogens is 440 g/mol. The molecule has 2 aromatic carbocycles. The van der Waals surface area contributed by atoms with Gasteiger partial charge in [0.25, 0.3) is 5.91 Å². The quantitative estimate of drug-likeness (QED) is 0.395. The van der Waals surface area contributed by atoms with Crippen LogP contribution in [0.1, 0.15) is 48.1 Å². The van der Waals surface area contributed by atoms with Crippen molar-refractivity contribution in [3.8, 4) is 5.69 Å². The molecule has 7 nitrogen and oxygen atoms in total. The molecule has 0 fully saturated rings. The number of furan rings is 1. The monoisotopic (exact) mass is 470 g/mol. The molecule has 0 aliphatic carbocycles. The maximum Gasteiger partial charge on any atom is 0.290 e. The lowest BCUT2D eigenvalue weighted by Gasteiger charge is -2.21. The average molecular weight is 471 g/mol. The molecule has 1 N–H and O–H groups in total. The van der Waals surface area contributed by atoms with Crippen molar-refractivity contribution in [1.82, 2.24) is 14.7 Å². The molecule has 180 valence electrons. The van der Waals surface area contributed by atoms with Gasteiger partial charge in [-0.15, -0.1) is 0 Å². The minimum atomic E-state index is -0.350. The van der Waals surface area contributed by atoms with Crippen LogP contribution in [-0.4, -0.2) is 33.0 Å². The van der Waals surface area contributed by atoms with Gasteiger partial charge in [0, 0.05) is 18.0 Å². The van der Waals surface area contributed by atoms with E-state index in [1.807, 2.05) is 67.6 Å². The number of amides is 2. The molecule has 0 bridgehead atoms. The molecule has 0 unspecified atom stereocenters. The van der Waals surface area contributed by atoms with E-state index >= 15 is 0 Å². The van der Waals surface area contributed by atoms with Crippen LogP contribution in [0.4, 0.5) is 5.82 Å². The molecule has 0 atom stereocenters. The third-order valence-corrected chi connectivity index (χ3v) is 5.56. The van der Waals surface area contributed by atoms with Crippen LogP contribution < -0.4 is 5.32 Å². The third-order valence-electron chi connectivity index (χ3n) is 5.56. The van der Waals surface area contributed by atoms with Crippen molar-refractivity contribution >= 4 is 17.6 Å².